The van der Waals surface area contributed by atoms with Gasteiger partial charge in [0.1, 0.15) is 0 Å². The molecule has 0 N–H and O–H groups in total. The molecule has 7 heteroatoms. The quantitative estimate of drug-likeness (QED) is 0.337. The van der Waals surface area contributed by atoms with Crippen molar-refractivity contribution in [3.63, 3.8) is 0 Å². The van der Waals surface area contributed by atoms with Gasteiger partial charge in [0.05, 0.1) is 0 Å². The number of carbonyl (C=O) groups excluding carboxylic acids is 4. The van der Waals surface area contributed by atoms with Gasteiger partial charge in [0.15, 0.2) is 11.9 Å². The van der Waals surface area contributed by atoms with Crippen molar-refractivity contribution >= 4 is 23.9 Å². The molecule has 6 nitrogen and oxygen atoms in total. The first-order chi connectivity index (χ1) is 8.33. The minimum Gasteiger partial charge on any atom is -0.421 e. The molecule has 106 valence electrons. The third-order valence-electron chi connectivity index (χ3n) is 1.36. The smallest absolute Gasteiger partial charge is 0.421 e. The molecular formula is C12H18O6Ti. The van der Waals surface area contributed by atoms with Gasteiger partial charge in [-0.3, -0.25) is 33.0 Å². The van der Waals surface area contributed by atoms with Crippen LogP contribution in [0.1, 0.15) is 39.5 Å². The third-order valence-corrected chi connectivity index (χ3v) is 1.36. The van der Waals surface area contributed by atoms with E-state index in [1.165, 1.54) is 0 Å². The SMILES string of the molecule is [CH2-]C(=O)OC(=O)CCC.[CH2-]C(=O)OC(=O)CCC.[Ti+2]. The van der Waals surface area contributed by atoms with Crippen LogP contribution in [-0.4, -0.2) is 23.9 Å². The summed E-state index contributed by atoms with van der Waals surface area (Å²) in [6.07, 6.45) is 1.93. The van der Waals surface area contributed by atoms with Crippen molar-refractivity contribution in [3.05, 3.63) is 13.8 Å². The average molecular weight is 306 g/mol. The van der Waals surface area contributed by atoms with E-state index in [0.717, 1.165) is 0 Å². The summed E-state index contributed by atoms with van der Waals surface area (Å²) in [7, 11) is 0. The number of carbonyl (C=O) groups is 4. The molecule has 19 heavy (non-hydrogen) atoms. The Kier molecular flexibility index (Phi) is 17.8. The summed E-state index contributed by atoms with van der Waals surface area (Å²) in [6, 6.07) is 0. The summed E-state index contributed by atoms with van der Waals surface area (Å²) < 4.78 is 8.20. The molecule has 0 aromatic carbocycles. The molecule has 0 bridgehead atoms. The van der Waals surface area contributed by atoms with E-state index in [9.17, 15) is 19.2 Å². The van der Waals surface area contributed by atoms with Gasteiger partial charge in [0, 0.05) is 12.8 Å². The maximum Gasteiger partial charge on any atom is 2.00 e. The molecule has 0 aliphatic carbocycles. The fraction of sp³-hybridized carbons (Fsp3) is 0.500. The van der Waals surface area contributed by atoms with Gasteiger partial charge in [-0.15, -0.1) is 0 Å². The van der Waals surface area contributed by atoms with Crippen molar-refractivity contribution in [1.29, 1.82) is 0 Å². The fourth-order valence-corrected chi connectivity index (χ4v) is 0.764. The van der Waals surface area contributed by atoms with Crippen LogP contribution in [-0.2, 0) is 50.4 Å². The Bertz CT molecular complexity index is 271. The van der Waals surface area contributed by atoms with Gasteiger partial charge in [0.25, 0.3) is 0 Å². The van der Waals surface area contributed by atoms with Gasteiger partial charge in [-0.2, -0.15) is 0 Å². The van der Waals surface area contributed by atoms with Gasteiger partial charge in [-0.1, -0.05) is 13.8 Å². The number of rotatable bonds is 4. The van der Waals surface area contributed by atoms with Crippen LogP contribution in [0, 0.1) is 13.8 Å². The molecule has 0 atom stereocenters. The number of ether oxygens (including phenoxy) is 2. The van der Waals surface area contributed by atoms with Gasteiger partial charge >= 0.3 is 33.7 Å². The molecule has 0 amide bonds. The molecule has 0 aromatic rings. The van der Waals surface area contributed by atoms with Crippen LogP contribution in [0.4, 0.5) is 0 Å². The molecule has 0 rings (SSSR count). The Balaban J connectivity index is -0.000000256. The summed E-state index contributed by atoms with van der Waals surface area (Å²) in [4.78, 5) is 40.7. The molecule has 0 aliphatic rings. The van der Waals surface area contributed by atoms with E-state index in [1.54, 1.807) is 0 Å². The molecule has 0 heterocycles. The van der Waals surface area contributed by atoms with E-state index < -0.39 is 23.9 Å². The van der Waals surface area contributed by atoms with Crippen LogP contribution in [0.2, 0.25) is 0 Å². The third kappa shape index (κ3) is 22.4. The molecule has 0 saturated heterocycles. The van der Waals surface area contributed by atoms with Crippen LogP contribution in [0.15, 0.2) is 0 Å². The second-order valence-corrected chi connectivity index (χ2v) is 3.19. The van der Waals surface area contributed by atoms with Crippen molar-refractivity contribution in [2.24, 2.45) is 0 Å². The van der Waals surface area contributed by atoms with E-state index in [1.807, 2.05) is 13.8 Å². The Labute approximate surface area is 128 Å². The van der Waals surface area contributed by atoms with E-state index in [0.29, 0.717) is 12.8 Å². The molecule has 0 saturated carbocycles. The van der Waals surface area contributed by atoms with Gasteiger partial charge in [-0.05, 0) is 12.8 Å². The molecule has 0 aromatic heterocycles. The zero-order valence-corrected chi connectivity index (χ0v) is 12.8. The molecule has 0 radical (unpaired) electrons. The van der Waals surface area contributed by atoms with Crippen molar-refractivity contribution < 1.29 is 50.4 Å². The Morgan fingerprint density at radius 1 is 0.789 bits per heavy atom. The topological polar surface area (TPSA) is 86.7 Å². The second-order valence-electron chi connectivity index (χ2n) is 3.19. The van der Waals surface area contributed by atoms with Gasteiger partial charge in [-0.25, -0.2) is 0 Å². The van der Waals surface area contributed by atoms with Crippen LogP contribution < -0.4 is 0 Å². The van der Waals surface area contributed by atoms with Crippen LogP contribution >= 0.6 is 0 Å². The molecule has 0 unspecified atom stereocenters. The first-order valence-electron chi connectivity index (χ1n) is 5.46. The average Bonchev–Trinajstić information content (AvgIpc) is 2.16. The van der Waals surface area contributed by atoms with Crippen molar-refractivity contribution in [2.45, 2.75) is 39.5 Å². The normalized spacial score (nSPS) is 8.11. The largest absolute Gasteiger partial charge is 2.00 e. The van der Waals surface area contributed by atoms with Gasteiger partial charge < -0.3 is 9.47 Å². The monoisotopic (exact) mass is 306 g/mol. The van der Waals surface area contributed by atoms with Gasteiger partial charge in [0.2, 0.25) is 0 Å². The van der Waals surface area contributed by atoms with Crippen molar-refractivity contribution in [3.8, 4) is 0 Å². The summed E-state index contributed by atoms with van der Waals surface area (Å²) in [5.74, 6) is -2.57. The predicted octanol–water partition coefficient (Wildman–Crippen LogP) is 1.38. The zero-order valence-electron chi connectivity index (χ0n) is 11.2. The van der Waals surface area contributed by atoms with E-state index in [4.69, 9.17) is 0 Å². The maximum absolute atomic E-state index is 10.4. The van der Waals surface area contributed by atoms with Crippen LogP contribution in [0.25, 0.3) is 0 Å². The van der Waals surface area contributed by atoms with E-state index in [2.05, 4.69) is 23.3 Å². The zero-order chi connectivity index (χ0) is 14.6. The Morgan fingerprint density at radius 2 is 1.05 bits per heavy atom. The predicted molar refractivity (Wildman–Crippen MR) is 62.7 cm³/mol. The minimum atomic E-state index is -0.784. The summed E-state index contributed by atoms with van der Waals surface area (Å²) in [5, 5.41) is 0. The van der Waals surface area contributed by atoms with E-state index in [-0.39, 0.29) is 34.6 Å². The van der Waals surface area contributed by atoms with Crippen LogP contribution in [0.3, 0.4) is 0 Å². The Morgan fingerprint density at radius 3 is 1.21 bits per heavy atom. The van der Waals surface area contributed by atoms with Crippen molar-refractivity contribution in [1.82, 2.24) is 0 Å². The molecule has 0 fully saturated rings. The standard InChI is InChI=1S/2C6H9O3.Ti/c2*1-3-4-6(8)9-5(2)7;/h2*2-4H2,1H3;/q2*-1;+2. The summed E-state index contributed by atoms with van der Waals surface area (Å²) >= 11 is 0. The Hall–Kier alpha value is -1.27. The molecule has 0 spiro atoms. The fourth-order valence-electron chi connectivity index (χ4n) is 0.764. The molecular weight excluding hydrogens is 288 g/mol. The number of hydrogen-bond donors (Lipinski definition) is 0. The molecule has 0 aliphatic heterocycles. The van der Waals surface area contributed by atoms with E-state index >= 15 is 0 Å². The first-order valence-corrected chi connectivity index (χ1v) is 5.46. The summed E-state index contributed by atoms with van der Waals surface area (Å²) in [6.45, 7) is 9.41. The maximum atomic E-state index is 10.4. The minimum absolute atomic E-state index is 0. The van der Waals surface area contributed by atoms with Crippen LogP contribution in [0.5, 0.6) is 0 Å². The second kappa shape index (κ2) is 14.8. The number of hydrogen-bond acceptors (Lipinski definition) is 6. The summed E-state index contributed by atoms with van der Waals surface area (Å²) in [5.41, 5.74) is 0. The number of esters is 4. The van der Waals surface area contributed by atoms with Crippen molar-refractivity contribution in [2.75, 3.05) is 0 Å². The first kappa shape index (κ1) is 22.9.